The number of rotatable bonds is 13. The van der Waals surface area contributed by atoms with Crippen molar-refractivity contribution < 1.29 is 22.3 Å². The van der Waals surface area contributed by atoms with E-state index in [0.717, 1.165) is 36.5 Å². The number of methoxy groups -OCH3 is 2. The number of aromatic nitrogens is 1. The summed E-state index contributed by atoms with van der Waals surface area (Å²) in [5.41, 5.74) is -0.413. The maximum atomic E-state index is 17.0. The van der Waals surface area contributed by atoms with Crippen molar-refractivity contribution in [3.05, 3.63) is 45.9 Å². The largest absolute Gasteiger partial charge is 0.497 e. The minimum absolute atomic E-state index is 0.0982. The summed E-state index contributed by atoms with van der Waals surface area (Å²) in [7, 11) is -3.76. The third-order valence-corrected chi connectivity index (χ3v) is 19.1. The number of benzene rings is 1. The zero-order valence-corrected chi connectivity index (χ0v) is 31.9. The van der Waals surface area contributed by atoms with Crippen LogP contribution in [-0.4, -0.2) is 63.6 Å². The summed E-state index contributed by atoms with van der Waals surface area (Å²) < 4.78 is 66.6. The van der Waals surface area contributed by atoms with Crippen molar-refractivity contribution in [1.82, 2.24) is 14.0 Å². The highest BCUT2D eigenvalue weighted by atomic mass is 79.9. The number of ether oxygens (including phenoxy) is 2. The molecule has 0 amide bonds. The lowest BCUT2D eigenvalue weighted by Crippen LogP contribution is -2.55. The molecule has 0 radical (unpaired) electrons. The Balaban J connectivity index is 2.23. The van der Waals surface area contributed by atoms with Crippen molar-refractivity contribution in [1.29, 1.82) is 0 Å². The van der Waals surface area contributed by atoms with Crippen LogP contribution >= 0.6 is 15.9 Å². The molecule has 1 aliphatic heterocycles. The third-order valence-electron chi connectivity index (χ3n) is 8.75. The van der Waals surface area contributed by atoms with Crippen LogP contribution in [0.3, 0.4) is 0 Å². The first-order valence-electron chi connectivity index (χ1n) is 15.3. The van der Waals surface area contributed by atoms with Crippen LogP contribution in [0.2, 0.25) is 18.1 Å². The van der Waals surface area contributed by atoms with Gasteiger partial charge in [0.2, 0.25) is 0 Å². The molecule has 3 atom stereocenters. The van der Waals surface area contributed by atoms with Crippen molar-refractivity contribution in [2.24, 2.45) is 4.36 Å². The molecule has 0 fully saturated rings. The predicted octanol–water partition coefficient (Wildman–Crippen LogP) is 6.66. The molecular formula is C31H50BrFN4O4S2Si. The van der Waals surface area contributed by atoms with Gasteiger partial charge < -0.3 is 9.47 Å². The lowest BCUT2D eigenvalue weighted by atomic mass is 10.0. The number of nitrogens with zero attached hydrogens (tertiary/aromatic N) is 3. The Morgan fingerprint density at radius 3 is 2.32 bits per heavy atom. The smallest absolute Gasteiger partial charge is 0.146 e. The van der Waals surface area contributed by atoms with E-state index in [1.165, 1.54) is 0 Å². The molecule has 1 N–H and O–H groups in total. The Morgan fingerprint density at radius 1 is 1.09 bits per heavy atom. The highest BCUT2D eigenvalue weighted by Gasteiger charge is 2.44. The van der Waals surface area contributed by atoms with Crippen molar-refractivity contribution >= 4 is 50.1 Å². The first kappa shape index (κ1) is 37.1. The standard InChI is InChI=1S/C31H50BrFN4O4S2Si/c1-10-44(11-2,12-3)26-20-27(32)35-29(28(26)33)31(7,36-42(38)30(4,5)6)22-43(39)34-17-13-14-18-37(43)21-23-15-16-24(40-8)19-25(23)41-9/h15-16,19-20,36H,10-14,17-18,21-22H2,1-9H3/t31-,42?,43?/m0/s1. The van der Waals surface area contributed by atoms with Crippen LogP contribution < -0.4 is 19.4 Å². The average Bonchev–Trinajstić information content (AvgIpc) is 3.15. The molecule has 0 saturated carbocycles. The van der Waals surface area contributed by atoms with Crippen LogP contribution in [0.25, 0.3) is 0 Å². The number of hydrogen-bond donors (Lipinski definition) is 1. The third kappa shape index (κ3) is 8.12. The van der Waals surface area contributed by atoms with E-state index in [0.29, 0.717) is 40.9 Å². The first-order chi connectivity index (χ1) is 20.6. The number of nitrogens with one attached hydrogen (secondary N) is 1. The highest BCUT2D eigenvalue weighted by molar-refractivity contribution is 9.10. The van der Waals surface area contributed by atoms with Crippen LogP contribution in [0, 0.1) is 5.82 Å². The van der Waals surface area contributed by atoms with Crippen LogP contribution in [0.1, 0.15) is 72.6 Å². The fraction of sp³-hybridized carbons (Fsp3) is 0.645. The van der Waals surface area contributed by atoms with E-state index >= 15 is 8.60 Å². The van der Waals surface area contributed by atoms with E-state index in [1.807, 2.05) is 43.3 Å². The zero-order chi connectivity index (χ0) is 32.9. The molecule has 0 spiro atoms. The van der Waals surface area contributed by atoms with Gasteiger partial charge in [-0.2, -0.15) is 0 Å². The number of pyridine rings is 1. The Morgan fingerprint density at radius 2 is 1.75 bits per heavy atom. The van der Waals surface area contributed by atoms with Gasteiger partial charge in [-0.3, -0.25) is 0 Å². The molecule has 8 nitrogen and oxygen atoms in total. The molecule has 2 heterocycles. The van der Waals surface area contributed by atoms with Gasteiger partial charge in [0.15, 0.2) is 0 Å². The molecule has 0 bridgehead atoms. The van der Waals surface area contributed by atoms with Gasteiger partial charge in [-0.15, -0.1) is 0 Å². The summed E-state index contributed by atoms with van der Waals surface area (Å²) in [6.45, 7) is 15.0. The van der Waals surface area contributed by atoms with Crippen LogP contribution in [0.15, 0.2) is 33.2 Å². The zero-order valence-electron chi connectivity index (χ0n) is 27.7. The molecule has 44 heavy (non-hydrogen) atoms. The van der Waals surface area contributed by atoms with Crippen molar-refractivity contribution in [2.45, 2.75) is 96.3 Å². The fourth-order valence-corrected chi connectivity index (χ4v) is 13.6. The minimum Gasteiger partial charge on any atom is -0.497 e. The van der Waals surface area contributed by atoms with Gasteiger partial charge in [-0.1, -0.05) is 45.0 Å². The monoisotopic (exact) mass is 732 g/mol. The van der Waals surface area contributed by atoms with E-state index in [-0.39, 0.29) is 11.4 Å². The molecule has 0 saturated heterocycles. The second-order valence-electron chi connectivity index (χ2n) is 12.7. The number of hydrogen-bond acceptors (Lipinski definition) is 6. The topological polar surface area (TPSA) is 93.1 Å². The van der Waals surface area contributed by atoms with Crippen LogP contribution in [0.4, 0.5) is 4.39 Å². The van der Waals surface area contributed by atoms with E-state index in [1.54, 1.807) is 27.2 Å². The van der Waals surface area contributed by atoms with Crippen LogP contribution in [-0.2, 0) is 33.0 Å². The van der Waals surface area contributed by atoms with E-state index in [9.17, 15) is 4.21 Å². The van der Waals surface area contributed by atoms with E-state index in [2.05, 4.69) is 46.4 Å². The predicted molar refractivity (Wildman–Crippen MR) is 187 cm³/mol. The summed E-state index contributed by atoms with van der Waals surface area (Å²) in [4.78, 5) is 4.68. The van der Waals surface area contributed by atoms with Gasteiger partial charge in [0.25, 0.3) is 0 Å². The quantitative estimate of drug-likeness (QED) is 0.184. The first-order valence-corrected chi connectivity index (χ1v) is 21.6. The Hall–Kier alpha value is -1.38. The van der Waals surface area contributed by atoms with Crippen molar-refractivity contribution in [2.75, 3.05) is 33.1 Å². The maximum Gasteiger partial charge on any atom is 0.146 e. The Bertz CT molecular complexity index is 1450. The van der Waals surface area contributed by atoms with Gasteiger partial charge >= 0.3 is 0 Å². The second kappa shape index (κ2) is 15.0. The maximum absolute atomic E-state index is 17.0. The summed E-state index contributed by atoms with van der Waals surface area (Å²) in [5, 5.41) is 0.698. The lowest BCUT2D eigenvalue weighted by Gasteiger charge is -2.38. The molecule has 2 aromatic rings. The Labute approximate surface area is 276 Å². The second-order valence-corrected chi connectivity index (χ2v) is 22.9. The summed E-state index contributed by atoms with van der Waals surface area (Å²) in [5.74, 6) is 0.783. The molecule has 0 aliphatic carbocycles. The number of halogens is 2. The van der Waals surface area contributed by atoms with Gasteiger partial charge in [0.05, 0.1) is 55.0 Å². The lowest BCUT2D eigenvalue weighted by molar-refractivity contribution is 0.374. The average molecular weight is 734 g/mol. The Kier molecular flexibility index (Phi) is 12.7. The minimum atomic E-state index is -3.13. The molecule has 248 valence electrons. The van der Waals surface area contributed by atoms with Crippen LogP contribution in [0.5, 0.6) is 11.5 Å². The molecule has 1 aromatic carbocycles. The van der Waals surface area contributed by atoms with Gasteiger partial charge in [-0.25, -0.2) is 31.2 Å². The van der Waals surface area contributed by atoms with Crippen molar-refractivity contribution in [3.63, 3.8) is 0 Å². The van der Waals surface area contributed by atoms with Crippen molar-refractivity contribution in [3.8, 4) is 11.5 Å². The van der Waals surface area contributed by atoms with E-state index in [4.69, 9.17) is 13.8 Å². The molecule has 3 rings (SSSR count). The highest BCUT2D eigenvalue weighted by Crippen LogP contribution is 2.34. The molecular weight excluding hydrogens is 683 g/mol. The van der Waals surface area contributed by atoms with E-state index < -0.39 is 45.1 Å². The van der Waals surface area contributed by atoms with Gasteiger partial charge in [0, 0.05) is 31.3 Å². The summed E-state index contributed by atoms with van der Waals surface area (Å²) >= 11 is 3.57. The summed E-state index contributed by atoms with van der Waals surface area (Å²) in [6, 6.07) is 10.0. The molecule has 1 aromatic heterocycles. The SMILES string of the molecule is CC[Si](CC)(CC)c1cc(Br)nc([C@](C)(CS2(=O)=NCCCCN2Cc2ccc(OC)cc2OC)NS(=O)C(C)(C)C)c1F. The van der Waals surface area contributed by atoms with Gasteiger partial charge in [-0.05, 0) is 73.8 Å². The molecule has 13 heteroatoms. The normalized spacial score (nSPS) is 20.3. The summed E-state index contributed by atoms with van der Waals surface area (Å²) in [6.07, 6.45) is 1.60. The fourth-order valence-electron chi connectivity index (χ4n) is 5.77. The molecule has 1 aliphatic rings. The van der Waals surface area contributed by atoms with Gasteiger partial charge in [0.1, 0.15) is 31.8 Å². The molecule has 2 unspecified atom stereocenters.